The van der Waals surface area contributed by atoms with Gasteiger partial charge in [-0.1, -0.05) is 0 Å². The first-order valence-corrected chi connectivity index (χ1v) is 4.44. The van der Waals surface area contributed by atoms with Crippen molar-refractivity contribution in [1.29, 1.82) is 0 Å². The molecule has 1 N–H and O–H groups in total. The molecule has 0 amide bonds. The normalized spacial score (nSPS) is 13.0. The Hall–Kier alpha value is -1.55. The molecule has 2 heterocycles. The van der Waals surface area contributed by atoms with Gasteiger partial charge in [-0.3, -0.25) is 4.68 Å². The van der Waals surface area contributed by atoms with Crippen molar-refractivity contribution < 1.29 is 9.52 Å². The maximum Gasteiger partial charge on any atom is 0.132 e. The zero-order chi connectivity index (χ0) is 9.97. The first kappa shape index (κ1) is 9.02. The van der Waals surface area contributed by atoms with Gasteiger partial charge in [-0.25, -0.2) is 0 Å². The van der Waals surface area contributed by atoms with E-state index in [2.05, 4.69) is 5.10 Å². The van der Waals surface area contributed by atoms with Crippen molar-refractivity contribution in [3.63, 3.8) is 0 Å². The van der Waals surface area contributed by atoms with Crippen LogP contribution < -0.4 is 0 Å². The van der Waals surface area contributed by atoms with E-state index in [4.69, 9.17) is 4.42 Å². The highest BCUT2D eigenvalue weighted by atomic mass is 16.4. The van der Waals surface area contributed by atoms with Crippen LogP contribution in [-0.4, -0.2) is 14.9 Å². The molecule has 2 rings (SSSR count). The average Bonchev–Trinajstić information content (AvgIpc) is 2.75. The zero-order valence-electron chi connectivity index (χ0n) is 7.92. The Morgan fingerprint density at radius 3 is 3.07 bits per heavy atom. The molecule has 0 bridgehead atoms. The van der Waals surface area contributed by atoms with Crippen LogP contribution in [-0.2, 0) is 13.5 Å². The van der Waals surface area contributed by atoms with Crippen molar-refractivity contribution in [3.8, 4) is 0 Å². The molecule has 0 aliphatic heterocycles. The summed E-state index contributed by atoms with van der Waals surface area (Å²) in [5.74, 6) is 0.592. The zero-order valence-corrected chi connectivity index (χ0v) is 7.92. The molecule has 0 fully saturated rings. The van der Waals surface area contributed by atoms with Gasteiger partial charge in [-0.15, -0.1) is 0 Å². The number of aliphatic hydroxyl groups excluding tert-OH is 1. The van der Waals surface area contributed by atoms with E-state index >= 15 is 0 Å². The van der Waals surface area contributed by atoms with E-state index in [-0.39, 0.29) is 0 Å². The molecule has 0 aliphatic carbocycles. The highest BCUT2D eigenvalue weighted by Crippen LogP contribution is 2.17. The summed E-state index contributed by atoms with van der Waals surface area (Å²) >= 11 is 0. The second kappa shape index (κ2) is 3.67. The molecule has 1 atom stereocenters. The van der Waals surface area contributed by atoms with Crippen LogP contribution in [0.15, 0.2) is 35.2 Å². The van der Waals surface area contributed by atoms with Crippen molar-refractivity contribution in [1.82, 2.24) is 9.78 Å². The number of aliphatic hydroxyl groups is 1. The summed E-state index contributed by atoms with van der Waals surface area (Å²) in [5.41, 5.74) is 0.997. The Labute approximate surface area is 81.8 Å². The summed E-state index contributed by atoms with van der Waals surface area (Å²) in [7, 11) is 1.85. The van der Waals surface area contributed by atoms with Crippen LogP contribution in [0.4, 0.5) is 0 Å². The summed E-state index contributed by atoms with van der Waals surface area (Å²) in [5, 5.41) is 13.8. The van der Waals surface area contributed by atoms with E-state index in [1.807, 2.05) is 13.2 Å². The predicted octanol–water partition coefficient (Wildman–Crippen LogP) is 1.29. The lowest BCUT2D eigenvalue weighted by molar-refractivity contribution is 0.150. The van der Waals surface area contributed by atoms with Gasteiger partial charge < -0.3 is 9.52 Å². The molecular formula is C10H12N2O2. The number of nitrogens with zero attached hydrogens (tertiary/aromatic N) is 2. The van der Waals surface area contributed by atoms with Gasteiger partial charge in [0.05, 0.1) is 12.5 Å². The Kier molecular flexibility index (Phi) is 2.37. The van der Waals surface area contributed by atoms with Crippen LogP contribution in [0, 0.1) is 0 Å². The number of hydrogen-bond donors (Lipinski definition) is 1. The van der Waals surface area contributed by atoms with E-state index in [1.54, 1.807) is 29.3 Å². The van der Waals surface area contributed by atoms with Crippen molar-refractivity contribution in [2.45, 2.75) is 12.5 Å². The molecule has 1 unspecified atom stereocenters. The lowest BCUT2D eigenvalue weighted by Crippen LogP contribution is -1.99. The van der Waals surface area contributed by atoms with Crippen molar-refractivity contribution in [2.24, 2.45) is 7.05 Å². The predicted molar refractivity (Wildman–Crippen MR) is 50.6 cm³/mol. The molecule has 0 aromatic carbocycles. The highest BCUT2D eigenvalue weighted by Gasteiger charge is 2.11. The molecule has 0 radical (unpaired) electrons. The minimum absolute atomic E-state index is 0.529. The van der Waals surface area contributed by atoms with Gasteiger partial charge >= 0.3 is 0 Å². The van der Waals surface area contributed by atoms with E-state index in [9.17, 15) is 5.11 Å². The van der Waals surface area contributed by atoms with Gasteiger partial charge in [0.2, 0.25) is 0 Å². The fraction of sp³-hybridized carbons (Fsp3) is 0.300. The summed E-state index contributed by atoms with van der Waals surface area (Å²) < 4.78 is 6.81. The van der Waals surface area contributed by atoms with Crippen LogP contribution in [0.5, 0.6) is 0 Å². The lowest BCUT2D eigenvalue weighted by atomic mass is 10.1. The van der Waals surface area contributed by atoms with Crippen molar-refractivity contribution in [3.05, 3.63) is 42.1 Å². The third kappa shape index (κ3) is 1.85. The smallest absolute Gasteiger partial charge is 0.132 e. The van der Waals surface area contributed by atoms with Gasteiger partial charge in [-0.05, 0) is 17.7 Å². The average molecular weight is 192 g/mol. The molecular weight excluding hydrogens is 180 g/mol. The molecule has 2 aromatic heterocycles. The fourth-order valence-electron chi connectivity index (χ4n) is 1.38. The number of aryl methyl sites for hydroxylation is 1. The fourth-order valence-corrected chi connectivity index (χ4v) is 1.38. The number of rotatable bonds is 3. The minimum Gasteiger partial charge on any atom is -0.467 e. The third-order valence-corrected chi connectivity index (χ3v) is 2.06. The van der Waals surface area contributed by atoms with Gasteiger partial charge in [-0.2, -0.15) is 5.10 Å². The third-order valence-electron chi connectivity index (χ3n) is 2.06. The molecule has 4 nitrogen and oxygen atoms in total. The number of hydrogen-bond acceptors (Lipinski definition) is 3. The second-order valence-electron chi connectivity index (χ2n) is 3.26. The molecule has 0 spiro atoms. The van der Waals surface area contributed by atoms with Crippen LogP contribution in [0.1, 0.15) is 17.4 Å². The van der Waals surface area contributed by atoms with E-state index in [1.165, 1.54) is 0 Å². The summed E-state index contributed by atoms with van der Waals surface area (Å²) in [4.78, 5) is 0. The van der Waals surface area contributed by atoms with Crippen LogP contribution in [0.3, 0.4) is 0 Å². The molecule has 0 aliphatic rings. The van der Waals surface area contributed by atoms with Crippen LogP contribution in [0.25, 0.3) is 0 Å². The quantitative estimate of drug-likeness (QED) is 0.797. The summed E-state index contributed by atoms with van der Waals surface area (Å²) in [6, 6.07) is 3.53. The number of furan rings is 1. The summed E-state index contributed by atoms with van der Waals surface area (Å²) in [6.07, 6.45) is 5.12. The Morgan fingerprint density at radius 2 is 2.50 bits per heavy atom. The molecule has 4 heteroatoms. The van der Waals surface area contributed by atoms with Crippen molar-refractivity contribution in [2.75, 3.05) is 0 Å². The second-order valence-corrected chi connectivity index (χ2v) is 3.26. The first-order chi connectivity index (χ1) is 6.75. The maximum absolute atomic E-state index is 9.74. The van der Waals surface area contributed by atoms with Crippen molar-refractivity contribution >= 4 is 0 Å². The molecule has 74 valence electrons. The Balaban J connectivity index is 2.05. The van der Waals surface area contributed by atoms with Gasteiger partial charge in [0.1, 0.15) is 11.9 Å². The van der Waals surface area contributed by atoms with Crippen LogP contribution in [0.2, 0.25) is 0 Å². The minimum atomic E-state index is -0.589. The monoisotopic (exact) mass is 192 g/mol. The van der Waals surface area contributed by atoms with Gasteiger partial charge in [0.15, 0.2) is 0 Å². The Morgan fingerprint density at radius 1 is 1.64 bits per heavy atom. The topological polar surface area (TPSA) is 51.2 Å². The standard InChI is InChI=1S/C10H12N2O2/c1-12-7-8(6-11-12)5-9(13)10-3-2-4-14-10/h2-4,6-7,9,13H,5H2,1H3. The van der Waals surface area contributed by atoms with E-state index in [0.717, 1.165) is 5.56 Å². The van der Waals surface area contributed by atoms with E-state index < -0.39 is 6.10 Å². The summed E-state index contributed by atoms with van der Waals surface area (Å²) in [6.45, 7) is 0. The van der Waals surface area contributed by atoms with Crippen LogP contribution >= 0.6 is 0 Å². The SMILES string of the molecule is Cn1cc(CC(O)c2ccco2)cn1. The van der Waals surface area contributed by atoms with Gasteiger partial charge in [0, 0.05) is 19.7 Å². The number of aromatic nitrogens is 2. The largest absolute Gasteiger partial charge is 0.467 e. The lowest BCUT2D eigenvalue weighted by Gasteiger charge is -2.04. The highest BCUT2D eigenvalue weighted by molar-refractivity contribution is 5.10. The molecule has 2 aromatic rings. The molecule has 0 saturated carbocycles. The molecule has 14 heavy (non-hydrogen) atoms. The first-order valence-electron chi connectivity index (χ1n) is 4.44. The van der Waals surface area contributed by atoms with E-state index in [0.29, 0.717) is 12.2 Å². The van der Waals surface area contributed by atoms with Gasteiger partial charge in [0.25, 0.3) is 0 Å². The molecule has 0 saturated heterocycles. The Bertz CT molecular complexity index is 392. The maximum atomic E-state index is 9.74.